The van der Waals surface area contributed by atoms with Crippen molar-refractivity contribution < 1.29 is 27.9 Å². The molecule has 2 aliphatic rings. The maximum atomic E-state index is 14.6. The summed E-state index contributed by atoms with van der Waals surface area (Å²) in [6.45, 7) is 4.10. The third-order valence-corrected chi connectivity index (χ3v) is 8.61. The Bertz CT molecular complexity index is 1660. The third-order valence-electron chi connectivity index (χ3n) is 8.32. The second-order valence-corrected chi connectivity index (χ2v) is 11.6. The van der Waals surface area contributed by atoms with E-state index in [0.29, 0.717) is 22.6 Å². The van der Waals surface area contributed by atoms with Gasteiger partial charge >= 0.3 is 6.09 Å². The van der Waals surface area contributed by atoms with Gasteiger partial charge in [0.25, 0.3) is 0 Å². The maximum absolute atomic E-state index is 14.6. The number of rotatable bonds is 9. The summed E-state index contributed by atoms with van der Waals surface area (Å²) in [5.74, 6) is -2.13. The molecule has 0 spiro atoms. The Kier molecular flexibility index (Phi) is 9.01. The standard InChI is InChI=1S/C33H33ClF2N4O4/c1-4-11-33(12-13-33)31(42)39-27-18-22(38-32(43)44-3)5-6-23(27)20-9-14-37-26(16-20)19(2)40-15-10-21(17-28(40)41)29-25(35)8-7-24(34)30(29)36/h5-9,14,16-19H,4,10-13,15H2,1-3H3,(H,38,43)(H,39,42)/t19-/m1/s1. The molecule has 0 bridgehead atoms. The molecule has 230 valence electrons. The second kappa shape index (κ2) is 12.7. The Hall–Kier alpha value is -4.31. The number of nitrogens with one attached hydrogen (secondary N) is 2. The number of carbonyl (C=O) groups excluding carboxylic acids is 3. The molecule has 0 unspecified atom stereocenters. The lowest BCUT2D eigenvalue weighted by Gasteiger charge is -2.32. The molecule has 44 heavy (non-hydrogen) atoms. The van der Waals surface area contributed by atoms with Crippen LogP contribution in [-0.2, 0) is 14.3 Å². The number of benzene rings is 2. The van der Waals surface area contributed by atoms with E-state index < -0.39 is 29.7 Å². The number of ether oxygens (including phenoxy) is 1. The minimum Gasteiger partial charge on any atom is -0.453 e. The number of nitrogens with zero attached hydrogens (tertiary/aromatic N) is 2. The lowest BCUT2D eigenvalue weighted by atomic mass is 9.96. The fourth-order valence-electron chi connectivity index (χ4n) is 5.68. The summed E-state index contributed by atoms with van der Waals surface area (Å²) in [5, 5.41) is 5.51. The third kappa shape index (κ3) is 6.31. The summed E-state index contributed by atoms with van der Waals surface area (Å²) < 4.78 is 33.8. The van der Waals surface area contributed by atoms with Crippen LogP contribution in [0.1, 0.15) is 63.3 Å². The average molecular weight is 623 g/mol. The van der Waals surface area contributed by atoms with E-state index in [1.807, 2.05) is 13.0 Å². The summed E-state index contributed by atoms with van der Waals surface area (Å²) >= 11 is 5.86. The lowest BCUT2D eigenvalue weighted by molar-refractivity contribution is -0.128. The van der Waals surface area contributed by atoms with Gasteiger partial charge in [-0.1, -0.05) is 31.0 Å². The van der Waals surface area contributed by atoms with Crippen molar-refractivity contribution in [3.8, 4) is 11.1 Å². The van der Waals surface area contributed by atoms with Gasteiger partial charge in [0.2, 0.25) is 11.8 Å². The zero-order chi connectivity index (χ0) is 31.6. The SMILES string of the molecule is CCCC1(C(=O)Nc2cc(NC(=O)OC)ccc2-c2ccnc([C@@H](C)N3CCC(c4c(F)ccc(Cl)c4F)=CC3=O)c2)CC1. The van der Waals surface area contributed by atoms with Crippen molar-refractivity contribution >= 4 is 46.5 Å². The highest BCUT2D eigenvalue weighted by atomic mass is 35.5. The van der Waals surface area contributed by atoms with Gasteiger partial charge in [-0.15, -0.1) is 0 Å². The van der Waals surface area contributed by atoms with E-state index in [2.05, 4.69) is 22.5 Å². The molecular weight excluding hydrogens is 590 g/mol. The molecule has 1 aromatic heterocycles. The summed E-state index contributed by atoms with van der Waals surface area (Å²) in [6, 6.07) is 10.6. The normalized spacial score (nSPS) is 16.2. The van der Waals surface area contributed by atoms with E-state index in [4.69, 9.17) is 16.3 Å². The summed E-state index contributed by atoms with van der Waals surface area (Å²) in [7, 11) is 1.27. The van der Waals surface area contributed by atoms with E-state index in [-0.39, 0.29) is 40.4 Å². The molecule has 1 saturated carbocycles. The number of methoxy groups -OCH3 is 1. The zero-order valence-corrected chi connectivity index (χ0v) is 25.4. The molecule has 1 aliphatic heterocycles. The number of halogens is 3. The molecule has 1 fully saturated rings. The Morgan fingerprint density at radius 2 is 1.91 bits per heavy atom. The minimum absolute atomic E-state index is 0.0625. The molecule has 2 aromatic carbocycles. The number of hydrogen-bond donors (Lipinski definition) is 2. The van der Waals surface area contributed by atoms with Crippen molar-refractivity contribution in [2.24, 2.45) is 5.41 Å². The fraction of sp³-hybridized carbons (Fsp3) is 0.333. The summed E-state index contributed by atoms with van der Waals surface area (Å²) in [6.07, 6.45) is 5.81. The van der Waals surface area contributed by atoms with E-state index in [1.54, 1.807) is 35.4 Å². The predicted octanol–water partition coefficient (Wildman–Crippen LogP) is 7.75. The second-order valence-electron chi connectivity index (χ2n) is 11.2. The van der Waals surface area contributed by atoms with Crippen molar-refractivity contribution in [1.82, 2.24) is 9.88 Å². The molecule has 2 N–H and O–H groups in total. The summed E-state index contributed by atoms with van der Waals surface area (Å²) in [5.41, 5.74) is 2.58. The highest BCUT2D eigenvalue weighted by Gasteiger charge is 2.48. The monoisotopic (exact) mass is 622 g/mol. The molecule has 5 rings (SSSR count). The van der Waals surface area contributed by atoms with Gasteiger partial charge in [-0.05, 0) is 80.1 Å². The number of carbonyl (C=O) groups is 3. The molecule has 8 nitrogen and oxygen atoms in total. The molecule has 3 amide bonds. The first-order chi connectivity index (χ1) is 21.1. The van der Waals surface area contributed by atoms with Gasteiger partial charge in [-0.2, -0.15) is 0 Å². The highest BCUT2D eigenvalue weighted by Crippen LogP contribution is 2.50. The molecule has 1 aliphatic carbocycles. The summed E-state index contributed by atoms with van der Waals surface area (Å²) in [4.78, 5) is 44.5. The van der Waals surface area contributed by atoms with E-state index in [1.165, 1.54) is 13.2 Å². The minimum atomic E-state index is -0.889. The van der Waals surface area contributed by atoms with Crippen LogP contribution in [0, 0.1) is 17.0 Å². The predicted molar refractivity (Wildman–Crippen MR) is 165 cm³/mol. The number of anilines is 2. The molecule has 2 heterocycles. The van der Waals surface area contributed by atoms with Crippen LogP contribution < -0.4 is 10.6 Å². The number of pyridine rings is 1. The van der Waals surface area contributed by atoms with Crippen LogP contribution in [0.4, 0.5) is 25.0 Å². The van der Waals surface area contributed by atoms with Gasteiger partial charge in [0.05, 0.1) is 35.1 Å². The van der Waals surface area contributed by atoms with Crippen molar-refractivity contribution in [2.45, 2.75) is 52.0 Å². The first-order valence-electron chi connectivity index (χ1n) is 14.5. The van der Waals surface area contributed by atoms with E-state index in [9.17, 15) is 23.2 Å². The van der Waals surface area contributed by atoms with Gasteiger partial charge in [0.1, 0.15) is 5.82 Å². The lowest BCUT2D eigenvalue weighted by Crippen LogP contribution is -2.36. The van der Waals surface area contributed by atoms with E-state index in [0.717, 1.165) is 43.4 Å². The van der Waals surface area contributed by atoms with Gasteiger partial charge in [0, 0.05) is 35.5 Å². The number of aromatic nitrogens is 1. The Morgan fingerprint density at radius 3 is 2.59 bits per heavy atom. The van der Waals surface area contributed by atoms with Gasteiger partial charge < -0.3 is 15.0 Å². The van der Waals surface area contributed by atoms with Gasteiger partial charge in [-0.3, -0.25) is 19.9 Å². The molecule has 11 heteroatoms. The first kappa shape index (κ1) is 31.1. The molecule has 0 saturated heterocycles. The van der Waals surface area contributed by atoms with Crippen molar-refractivity contribution in [3.63, 3.8) is 0 Å². The first-order valence-corrected chi connectivity index (χ1v) is 14.9. The van der Waals surface area contributed by atoms with E-state index >= 15 is 0 Å². The molecule has 3 aromatic rings. The van der Waals surface area contributed by atoms with Crippen LogP contribution in [0.2, 0.25) is 5.02 Å². The quantitative estimate of drug-likeness (QED) is 0.238. The molecule has 0 radical (unpaired) electrons. The Morgan fingerprint density at radius 1 is 1.14 bits per heavy atom. The van der Waals surface area contributed by atoms with Crippen LogP contribution in [0.15, 0.2) is 54.7 Å². The topological polar surface area (TPSA) is 101 Å². The Labute approximate surface area is 259 Å². The van der Waals surface area contributed by atoms with Crippen molar-refractivity contribution in [1.29, 1.82) is 0 Å². The van der Waals surface area contributed by atoms with Crippen LogP contribution in [0.25, 0.3) is 16.7 Å². The molecule has 1 atom stereocenters. The number of hydrogen-bond acceptors (Lipinski definition) is 5. The van der Waals surface area contributed by atoms with Gasteiger partial charge in [0.15, 0.2) is 5.82 Å². The average Bonchev–Trinajstić information content (AvgIpc) is 3.80. The highest BCUT2D eigenvalue weighted by molar-refractivity contribution is 6.31. The zero-order valence-electron chi connectivity index (χ0n) is 24.7. The smallest absolute Gasteiger partial charge is 0.411 e. The van der Waals surface area contributed by atoms with Crippen molar-refractivity contribution in [3.05, 3.63) is 82.7 Å². The number of amides is 3. The van der Waals surface area contributed by atoms with Crippen LogP contribution >= 0.6 is 11.6 Å². The fourth-order valence-corrected chi connectivity index (χ4v) is 5.84. The molecular formula is C33H33ClF2N4O4. The van der Waals surface area contributed by atoms with Crippen LogP contribution in [0.5, 0.6) is 0 Å². The largest absolute Gasteiger partial charge is 0.453 e. The maximum Gasteiger partial charge on any atom is 0.411 e. The van der Waals surface area contributed by atoms with Crippen LogP contribution in [0.3, 0.4) is 0 Å². The van der Waals surface area contributed by atoms with Gasteiger partial charge in [-0.25, -0.2) is 13.6 Å². The Balaban J connectivity index is 1.43. The van der Waals surface area contributed by atoms with Crippen molar-refractivity contribution in [2.75, 3.05) is 24.3 Å². The van der Waals surface area contributed by atoms with Crippen LogP contribution in [-0.4, -0.2) is 41.4 Å².